The molecule has 1 aromatic carbocycles. The molecule has 27 heavy (non-hydrogen) atoms. The molecule has 0 saturated carbocycles. The van der Waals surface area contributed by atoms with Crippen molar-refractivity contribution in [1.29, 1.82) is 0 Å². The second kappa shape index (κ2) is 7.75. The van der Waals surface area contributed by atoms with Crippen LogP contribution in [0, 0.1) is 0 Å². The van der Waals surface area contributed by atoms with Gasteiger partial charge < -0.3 is 19.7 Å². The predicted octanol–water partition coefficient (Wildman–Crippen LogP) is 0.717. The van der Waals surface area contributed by atoms with Crippen LogP contribution in [-0.2, 0) is 29.3 Å². The molecule has 2 fully saturated rings. The van der Waals surface area contributed by atoms with Gasteiger partial charge in [-0.3, -0.25) is 14.9 Å². The third-order valence-corrected chi connectivity index (χ3v) is 5.29. The van der Waals surface area contributed by atoms with Gasteiger partial charge in [0.1, 0.15) is 6.10 Å². The number of carbonyl (C=O) groups excluding carboxylic acids is 2. The van der Waals surface area contributed by atoms with Crippen LogP contribution in [0.3, 0.4) is 0 Å². The summed E-state index contributed by atoms with van der Waals surface area (Å²) in [6.45, 7) is 1.86. The van der Waals surface area contributed by atoms with Crippen LogP contribution in [0.4, 0.5) is 0 Å². The molecule has 2 aliphatic heterocycles. The third-order valence-electron chi connectivity index (χ3n) is 5.29. The number of carboxylic acids is 1. The topological polar surface area (TPSA) is 122 Å². The molecule has 0 radical (unpaired) electrons. The lowest BCUT2D eigenvalue weighted by Crippen LogP contribution is -2.59. The lowest BCUT2D eigenvalue weighted by Gasteiger charge is -2.40. The van der Waals surface area contributed by atoms with E-state index in [-0.39, 0.29) is 25.2 Å². The molecule has 3 N–H and O–H groups in total. The number of amides is 2. The van der Waals surface area contributed by atoms with E-state index in [0.29, 0.717) is 6.42 Å². The zero-order chi connectivity index (χ0) is 19.6. The molecule has 8 heteroatoms. The number of hydrogen-bond donors (Lipinski definition) is 3. The van der Waals surface area contributed by atoms with Gasteiger partial charge in [-0.2, -0.15) is 0 Å². The van der Waals surface area contributed by atoms with Crippen LogP contribution in [0.1, 0.15) is 38.2 Å². The lowest BCUT2D eigenvalue weighted by molar-refractivity contribution is -0.238. The summed E-state index contributed by atoms with van der Waals surface area (Å²) in [5, 5.41) is 21.4. The zero-order valence-corrected chi connectivity index (χ0v) is 15.0. The number of imide groups is 1. The Hall–Kier alpha value is -2.29. The SMILES string of the molecule is CCC1(c2ccccc2)CC(OC2CC(O)CC(C(=O)O)O2)C(=O)NC1=O. The molecular weight excluding hydrogens is 354 g/mol. The van der Waals surface area contributed by atoms with E-state index in [0.717, 1.165) is 5.56 Å². The van der Waals surface area contributed by atoms with Crippen LogP contribution in [-0.4, -0.2) is 52.6 Å². The monoisotopic (exact) mass is 377 g/mol. The molecule has 3 rings (SSSR count). The molecule has 0 aromatic heterocycles. The first kappa shape index (κ1) is 19.5. The molecule has 5 unspecified atom stereocenters. The minimum atomic E-state index is -1.20. The third kappa shape index (κ3) is 3.87. The maximum atomic E-state index is 12.7. The van der Waals surface area contributed by atoms with Crippen LogP contribution in [0.25, 0.3) is 0 Å². The number of aliphatic hydroxyl groups excluding tert-OH is 1. The highest BCUT2D eigenvalue weighted by molar-refractivity contribution is 6.05. The molecular formula is C19H23NO7. The van der Waals surface area contributed by atoms with E-state index in [1.807, 2.05) is 37.3 Å². The second-order valence-electron chi connectivity index (χ2n) is 6.97. The van der Waals surface area contributed by atoms with Crippen molar-refractivity contribution >= 4 is 17.8 Å². The Kier molecular flexibility index (Phi) is 5.59. The molecule has 2 heterocycles. The van der Waals surface area contributed by atoms with E-state index >= 15 is 0 Å². The van der Waals surface area contributed by atoms with E-state index in [1.165, 1.54) is 0 Å². The maximum Gasteiger partial charge on any atom is 0.333 e. The summed E-state index contributed by atoms with van der Waals surface area (Å²) >= 11 is 0. The van der Waals surface area contributed by atoms with Crippen molar-refractivity contribution in [2.75, 3.05) is 0 Å². The van der Waals surface area contributed by atoms with Crippen molar-refractivity contribution in [2.24, 2.45) is 0 Å². The molecule has 2 amide bonds. The molecule has 1 aromatic rings. The fourth-order valence-electron chi connectivity index (χ4n) is 3.73. The molecule has 2 saturated heterocycles. The number of nitrogens with one attached hydrogen (secondary N) is 1. The fraction of sp³-hybridized carbons (Fsp3) is 0.526. The van der Waals surface area contributed by atoms with Crippen molar-refractivity contribution in [1.82, 2.24) is 5.32 Å². The van der Waals surface area contributed by atoms with Gasteiger partial charge in [0.25, 0.3) is 5.91 Å². The summed E-state index contributed by atoms with van der Waals surface area (Å²) in [5.74, 6) is -2.16. The number of carboxylic acid groups (broad SMARTS) is 1. The summed E-state index contributed by atoms with van der Waals surface area (Å²) in [7, 11) is 0. The van der Waals surface area contributed by atoms with Crippen LogP contribution in [0.5, 0.6) is 0 Å². The standard InChI is InChI=1S/C19H23NO7/c1-2-19(11-6-4-3-5-7-11)10-14(16(22)20-18(19)25)27-15-9-12(21)8-13(26-15)17(23)24/h3-7,12-15,21H,2,8-10H2,1H3,(H,23,24)(H,20,22,25). The van der Waals surface area contributed by atoms with Gasteiger partial charge in [0.2, 0.25) is 5.91 Å². The Bertz CT molecular complexity index is 722. The van der Waals surface area contributed by atoms with Gasteiger partial charge >= 0.3 is 5.97 Å². The molecule has 0 spiro atoms. The van der Waals surface area contributed by atoms with E-state index in [9.17, 15) is 19.5 Å². The minimum absolute atomic E-state index is 0.0343. The van der Waals surface area contributed by atoms with Crippen molar-refractivity contribution in [3.05, 3.63) is 35.9 Å². The number of rotatable bonds is 5. The Morgan fingerprint density at radius 3 is 2.63 bits per heavy atom. The normalized spacial score (nSPS) is 34.1. The molecule has 0 aliphatic carbocycles. The average molecular weight is 377 g/mol. The Morgan fingerprint density at radius 1 is 1.30 bits per heavy atom. The smallest absolute Gasteiger partial charge is 0.333 e. The van der Waals surface area contributed by atoms with Crippen molar-refractivity contribution in [3.8, 4) is 0 Å². The Morgan fingerprint density at radius 2 is 2.00 bits per heavy atom. The van der Waals surface area contributed by atoms with Gasteiger partial charge in [-0.15, -0.1) is 0 Å². The highest BCUT2D eigenvalue weighted by Gasteiger charge is 2.49. The highest BCUT2D eigenvalue weighted by Crippen LogP contribution is 2.37. The summed E-state index contributed by atoms with van der Waals surface area (Å²) in [4.78, 5) is 36.1. The molecule has 8 nitrogen and oxygen atoms in total. The summed E-state index contributed by atoms with van der Waals surface area (Å²) in [5.41, 5.74) is -0.154. The first-order valence-corrected chi connectivity index (χ1v) is 8.98. The first-order valence-electron chi connectivity index (χ1n) is 8.98. The number of benzene rings is 1. The maximum absolute atomic E-state index is 12.7. The van der Waals surface area contributed by atoms with Crippen LogP contribution in [0.2, 0.25) is 0 Å². The summed E-state index contributed by atoms with van der Waals surface area (Å²) in [6.07, 6.45) is -3.52. The zero-order valence-electron chi connectivity index (χ0n) is 15.0. The fourth-order valence-corrected chi connectivity index (χ4v) is 3.73. The van der Waals surface area contributed by atoms with Gasteiger partial charge in [0, 0.05) is 19.3 Å². The number of piperidine rings is 1. The minimum Gasteiger partial charge on any atom is -0.479 e. The molecule has 146 valence electrons. The Balaban J connectivity index is 1.80. The summed E-state index contributed by atoms with van der Waals surface area (Å²) < 4.78 is 11.1. The van der Waals surface area contributed by atoms with Crippen LogP contribution >= 0.6 is 0 Å². The highest BCUT2D eigenvalue weighted by atomic mass is 16.7. The molecule has 5 atom stereocenters. The van der Waals surface area contributed by atoms with Gasteiger partial charge in [-0.1, -0.05) is 37.3 Å². The number of ether oxygens (including phenoxy) is 2. The number of aliphatic hydroxyl groups is 1. The molecule has 0 bridgehead atoms. The van der Waals surface area contributed by atoms with Crippen molar-refractivity contribution in [3.63, 3.8) is 0 Å². The Labute approximate surface area is 156 Å². The molecule has 2 aliphatic rings. The van der Waals surface area contributed by atoms with Crippen molar-refractivity contribution < 1.29 is 34.1 Å². The number of aliphatic carboxylic acids is 1. The van der Waals surface area contributed by atoms with Crippen molar-refractivity contribution in [2.45, 2.75) is 62.6 Å². The van der Waals surface area contributed by atoms with E-state index in [2.05, 4.69) is 5.32 Å². The lowest BCUT2D eigenvalue weighted by atomic mass is 9.71. The average Bonchev–Trinajstić information content (AvgIpc) is 2.64. The first-order chi connectivity index (χ1) is 12.9. The van der Waals surface area contributed by atoms with Gasteiger partial charge in [-0.25, -0.2) is 4.79 Å². The second-order valence-corrected chi connectivity index (χ2v) is 6.97. The van der Waals surface area contributed by atoms with Crippen LogP contribution < -0.4 is 5.32 Å². The number of carbonyl (C=O) groups is 3. The number of hydrogen-bond acceptors (Lipinski definition) is 6. The quantitative estimate of drug-likeness (QED) is 0.646. The van der Waals surface area contributed by atoms with E-state index in [1.54, 1.807) is 0 Å². The van der Waals surface area contributed by atoms with E-state index < -0.39 is 41.9 Å². The van der Waals surface area contributed by atoms with E-state index in [4.69, 9.17) is 14.6 Å². The van der Waals surface area contributed by atoms with Gasteiger partial charge in [0.05, 0.1) is 11.5 Å². The largest absolute Gasteiger partial charge is 0.479 e. The predicted molar refractivity (Wildman–Crippen MR) is 92.6 cm³/mol. The van der Waals surface area contributed by atoms with Gasteiger partial charge in [-0.05, 0) is 12.0 Å². The van der Waals surface area contributed by atoms with Crippen LogP contribution in [0.15, 0.2) is 30.3 Å². The summed E-state index contributed by atoms with van der Waals surface area (Å²) in [6, 6.07) is 9.15. The van der Waals surface area contributed by atoms with Gasteiger partial charge in [0.15, 0.2) is 12.4 Å².